The van der Waals surface area contributed by atoms with Crippen LogP contribution in [-0.2, 0) is 6.54 Å². The number of halogens is 1. The molecule has 0 aliphatic carbocycles. The smallest absolute Gasteiger partial charge is 0.225 e. The Morgan fingerprint density at radius 3 is 2.52 bits per heavy atom. The normalized spacial score (nSPS) is 15.5. The van der Waals surface area contributed by atoms with E-state index in [1.165, 1.54) is 0 Å². The van der Waals surface area contributed by atoms with Gasteiger partial charge in [0.2, 0.25) is 5.95 Å². The zero-order valence-corrected chi connectivity index (χ0v) is 14.6. The van der Waals surface area contributed by atoms with Gasteiger partial charge in [-0.25, -0.2) is 9.97 Å². The van der Waals surface area contributed by atoms with Crippen molar-refractivity contribution in [2.45, 2.75) is 6.54 Å². The minimum atomic E-state index is 0.717. The summed E-state index contributed by atoms with van der Waals surface area (Å²) in [4.78, 5) is 13.3. The monoisotopic (exact) mass is 354 g/mol. The molecule has 5 nitrogen and oxygen atoms in total. The van der Waals surface area contributed by atoms with Gasteiger partial charge in [0.25, 0.3) is 0 Å². The highest BCUT2D eigenvalue weighted by atomic mass is 35.5. The van der Waals surface area contributed by atoms with Gasteiger partial charge in [-0.3, -0.25) is 4.90 Å². The second kappa shape index (κ2) is 7.25. The Morgan fingerprint density at radius 2 is 1.76 bits per heavy atom. The third-order valence-electron chi connectivity index (χ3n) is 4.36. The maximum absolute atomic E-state index is 6.06. The van der Waals surface area contributed by atoms with Crippen molar-refractivity contribution >= 4 is 17.5 Å². The molecular weight excluding hydrogens is 336 g/mol. The Balaban J connectivity index is 1.36. The summed E-state index contributed by atoms with van der Waals surface area (Å²) in [6.07, 6.45) is 3.57. The summed E-state index contributed by atoms with van der Waals surface area (Å²) < 4.78 is 6.00. The lowest BCUT2D eigenvalue weighted by Crippen LogP contribution is -2.46. The molecule has 3 heterocycles. The molecule has 0 unspecified atom stereocenters. The summed E-state index contributed by atoms with van der Waals surface area (Å²) >= 11 is 6.06. The minimum Gasteiger partial charge on any atom is -0.460 e. The van der Waals surface area contributed by atoms with Crippen LogP contribution < -0.4 is 4.90 Å². The van der Waals surface area contributed by atoms with Gasteiger partial charge in [0.15, 0.2) is 0 Å². The number of benzene rings is 1. The van der Waals surface area contributed by atoms with E-state index in [4.69, 9.17) is 16.0 Å². The summed E-state index contributed by atoms with van der Waals surface area (Å²) in [6.45, 7) is 4.58. The van der Waals surface area contributed by atoms with Crippen molar-refractivity contribution < 1.29 is 4.42 Å². The summed E-state index contributed by atoms with van der Waals surface area (Å²) in [6, 6.07) is 13.6. The SMILES string of the molecule is Clc1cccc(-c2ccc(CN3CCN(c4ncccn4)CC3)o2)c1. The molecule has 0 spiro atoms. The van der Waals surface area contributed by atoms with E-state index in [9.17, 15) is 0 Å². The Labute approximate surface area is 151 Å². The number of piperazine rings is 1. The molecule has 0 amide bonds. The van der Waals surface area contributed by atoms with Gasteiger partial charge in [-0.1, -0.05) is 23.7 Å². The second-order valence-electron chi connectivity index (χ2n) is 6.09. The van der Waals surface area contributed by atoms with E-state index < -0.39 is 0 Å². The van der Waals surface area contributed by atoms with Gasteiger partial charge in [-0.15, -0.1) is 0 Å². The number of hydrogen-bond donors (Lipinski definition) is 0. The largest absolute Gasteiger partial charge is 0.460 e. The van der Waals surface area contributed by atoms with Crippen LogP contribution in [0.1, 0.15) is 5.76 Å². The first-order valence-electron chi connectivity index (χ1n) is 8.37. The van der Waals surface area contributed by atoms with Crippen molar-refractivity contribution in [1.82, 2.24) is 14.9 Å². The van der Waals surface area contributed by atoms with Gasteiger partial charge in [0.1, 0.15) is 11.5 Å². The number of furan rings is 1. The predicted molar refractivity (Wildman–Crippen MR) is 98.7 cm³/mol. The summed E-state index contributed by atoms with van der Waals surface area (Å²) in [7, 11) is 0. The quantitative estimate of drug-likeness (QED) is 0.714. The molecule has 1 fully saturated rings. The molecule has 128 valence electrons. The molecular formula is C19H19ClN4O. The average molecular weight is 355 g/mol. The molecule has 0 radical (unpaired) electrons. The Kier molecular flexibility index (Phi) is 4.68. The van der Waals surface area contributed by atoms with E-state index in [0.29, 0.717) is 0 Å². The molecule has 0 atom stereocenters. The lowest BCUT2D eigenvalue weighted by Gasteiger charge is -2.34. The summed E-state index contributed by atoms with van der Waals surface area (Å²) in [5.74, 6) is 2.64. The third kappa shape index (κ3) is 3.83. The molecule has 1 aromatic carbocycles. The molecule has 0 N–H and O–H groups in total. The van der Waals surface area contributed by atoms with Crippen molar-refractivity contribution in [2.24, 2.45) is 0 Å². The van der Waals surface area contributed by atoms with E-state index in [1.54, 1.807) is 12.4 Å². The van der Waals surface area contributed by atoms with Crippen LogP contribution in [0.2, 0.25) is 5.02 Å². The Bertz CT molecular complexity index is 828. The maximum atomic E-state index is 6.06. The molecule has 0 saturated carbocycles. The molecule has 1 saturated heterocycles. The number of hydrogen-bond acceptors (Lipinski definition) is 5. The second-order valence-corrected chi connectivity index (χ2v) is 6.52. The van der Waals surface area contributed by atoms with Crippen LogP contribution in [0.25, 0.3) is 11.3 Å². The minimum absolute atomic E-state index is 0.717. The first-order chi connectivity index (χ1) is 12.3. The van der Waals surface area contributed by atoms with Crippen molar-refractivity contribution in [3.63, 3.8) is 0 Å². The maximum Gasteiger partial charge on any atom is 0.225 e. The topological polar surface area (TPSA) is 45.4 Å². The van der Waals surface area contributed by atoms with Gasteiger partial charge in [-0.2, -0.15) is 0 Å². The highest BCUT2D eigenvalue weighted by Crippen LogP contribution is 2.25. The van der Waals surface area contributed by atoms with Gasteiger partial charge in [-0.05, 0) is 30.3 Å². The molecule has 25 heavy (non-hydrogen) atoms. The van der Waals surface area contributed by atoms with Crippen LogP contribution in [0.3, 0.4) is 0 Å². The third-order valence-corrected chi connectivity index (χ3v) is 4.59. The van der Waals surface area contributed by atoms with Gasteiger partial charge < -0.3 is 9.32 Å². The van der Waals surface area contributed by atoms with Crippen molar-refractivity contribution in [3.05, 3.63) is 65.6 Å². The first kappa shape index (κ1) is 16.1. The molecule has 6 heteroatoms. The summed E-state index contributed by atoms with van der Waals surface area (Å²) in [5, 5.41) is 0.717. The molecule has 2 aromatic heterocycles. The molecule has 3 aromatic rings. The number of aromatic nitrogens is 2. The number of rotatable bonds is 4. The van der Waals surface area contributed by atoms with Crippen LogP contribution in [0.4, 0.5) is 5.95 Å². The van der Waals surface area contributed by atoms with Gasteiger partial charge >= 0.3 is 0 Å². The highest BCUT2D eigenvalue weighted by Gasteiger charge is 2.19. The number of anilines is 1. The molecule has 1 aliphatic rings. The standard InChI is InChI=1S/C19H19ClN4O/c20-16-4-1-3-15(13-16)18-6-5-17(25-18)14-23-9-11-24(12-10-23)19-21-7-2-8-22-19/h1-8,13H,9-12,14H2. The number of nitrogens with zero attached hydrogens (tertiary/aromatic N) is 4. The van der Waals surface area contributed by atoms with Crippen LogP contribution in [0, 0.1) is 0 Å². The van der Waals surface area contributed by atoms with E-state index in [0.717, 1.165) is 60.8 Å². The Morgan fingerprint density at radius 1 is 0.960 bits per heavy atom. The van der Waals surface area contributed by atoms with E-state index in [1.807, 2.05) is 42.5 Å². The zero-order chi connectivity index (χ0) is 17.1. The van der Waals surface area contributed by atoms with Crippen molar-refractivity contribution in [1.29, 1.82) is 0 Å². The fourth-order valence-corrected chi connectivity index (χ4v) is 3.23. The fourth-order valence-electron chi connectivity index (χ4n) is 3.04. The highest BCUT2D eigenvalue weighted by molar-refractivity contribution is 6.30. The van der Waals surface area contributed by atoms with E-state index in [2.05, 4.69) is 19.8 Å². The lowest BCUT2D eigenvalue weighted by atomic mass is 10.2. The molecule has 0 bridgehead atoms. The van der Waals surface area contributed by atoms with E-state index in [-0.39, 0.29) is 0 Å². The Hall–Kier alpha value is -2.37. The van der Waals surface area contributed by atoms with Crippen LogP contribution in [-0.4, -0.2) is 41.0 Å². The predicted octanol–water partition coefficient (Wildman–Crippen LogP) is 3.71. The van der Waals surface area contributed by atoms with Crippen molar-refractivity contribution in [3.8, 4) is 11.3 Å². The van der Waals surface area contributed by atoms with E-state index >= 15 is 0 Å². The zero-order valence-electron chi connectivity index (χ0n) is 13.8. The first-order valence-corrected chi connectivity index (χ1v) is 8.75. The van der Waals surface area contributed by atoms with Crippen LogP contribution >= 0.6 is 11.6 Å². The lowest BCUT2D eigenvalue weighted by molar-refractivity contribution is 0.230. The molecule has 1 aliphatic heterocycles. The van der Waals surface area contributed by atoms with Crippen LogP contribution in [0.5, 0.6) is 0 Å². The van der Waals surface area contributed by atoms with Crippen LogP contribution in [0.15, 0.2) is 59.3 Å². The van der Waals surface area contributed by atoms with Gasteiger partial charge in [0.05, 0.1) is 6.54 Å². The molecule has 4 rings (SSSR count). The average Bonchev–Trinajstić information content (AvgIpc) is 3.12. The van der Waals surface area contributed by atoms with Crippen molar-refractivity contribution in [2.75, 3.05) is 31.1 Å². The summed E-state index contributed by atoms with van der Waals surface area (Å²) in [5.41, 5.74) is 1.00. The van der Waals surface area contributed by atoms with Gasteiger partial charge in [0, 0.05) is 49.2 Å². The fraction of sp³-hybridized carbons (Fsp3) is 0.263.